The maximum atomic E-state index is 12.1. The normalized spacial score (nSPS) is 25.1. The molecule has 1 heterocycles. The number of carbonyl (C=O) groups is 1. The fraction of sp³-hybridized carbons (Fsp3) is 0.474. The van der Waals surface area contributed by atoms with Gasteiger partial charge in [-0.05, 0) is 61.3 Å². The molecular weight excluding hydrogens is 326 g/mol. The third-order valence-electron chi connectivity index (χ3n) is 5.35. The zero-order valence-corrected chi connectivity index (χ0v) is 14.2. The number of carbonyl (C=O) groups excluding carboxylic acids is 1. The molecule has 0 unspecified atom stereocenters. The average Bonchev–Trinajstić information content (AvgIpc) is 3.30. The minimum atomic E-state index is -0.140. The van der Waals surface area contributed by atoms with Crippen molar-refractivity contribution in [2.75, 3.05) is 0 Å². The van der Waals surface area contributed by atoms with Gasteiger partial charge in [0.15, 0.2) is 12.4 Å². The molecule has 0 amide bonds. The highest BCUT2D eigenvalue weighted by Crippen LogP contribution is 2.49. The molecule has 1 aromatic carbocycles. The Kier molecular flexibility index (Phi) is 4.31. The molecule has 5 heteroatoms. The number of halogens is 1. The average molecular weight is 346 g/mol. The molecule has 2 saturated carbocycles. The van der Waals surface area contributed by atoms with Crippen LogP contribution in [-0.2, 0) is 16.1 Å². The second-order valence-corrected chi connectivity index (χ2v) is 7.36. The van der Waals surface area contributed by atoms with Crippen molar-refractivity contribution in [2.24, 2.45) is 17.8 Å². The fourth-order valence-electron chi connectivity index (χ4n) is 4.17. The van der Waals surface area contributed by atoms with Crippen molar-refractivity contribution in [1.29, 1.82) is 0 Å². The van der Waals surface area contributed by atoms with Gasteiger partial charge in [-0.1, -0.05) is 18.0 Å². The summed E-state index contributed by atoms with van der Waals surface area (Å²) in [5.41, 5.74) is 0.895. The van der Waals surface area contributed by atoms with E-state index in [4.69, 9.17) is 20.8 Å². The van der Waals surface area contributed by atoms with Crippen molar-refractivity contribution in [2.45, 2.75) is 38.7 Å². The molecule has 2 bridgehead atoms. The third-order valence-corrected chi connectivity index (χ3v) is 5.60. The van der Waals surface area contributed by atoms with E-state index in [9.17, 15) is 4.79 Å². The van der Waals surface area contributed by atoms with E-state index >= 15 is 0 Å². The number of hydrogen-bond acceptors (Lipinski definition) is 4. The maximum Gasteiger partial charge on any atom is 0.306 e. The summed E-state index contributed by atoms with van der Waals surface area (Å²) in [7, 11) is 0. The van der Waals surface area contributed by atoms with Gasteiger partial charge in [0.05, 0.1) is 6.20 Å². The van der Waals surface area contributed by atoms with Crippen LogP contribution < -0.4 is 0 Å². The topological polar surface area (TPSA) is 52.3 Å². The Morgan fingerprint density at radius 3 is 2.79 bits per heavy atom. The SMILES string of the molecule is O=C(C[C@H]1C[C@@H]2CC[C@@H]1C2)OCc1ncc(-c2ccc(Cl)cc2)o1. The first-order valence-electron chi connectivity index (χ1n) is 8.53. The van der Waals surface area contributed by atoms with E-state index in [1.54, 1.807) is 18.3 Å². The second-order valence-electron chi connectivity index (χ2n) is 6.92. The van der Waals surface area contributed by atoms with Crippen LogP contribution in [-0.4, -0.2) is 11.0 Å². The first-order chi connectivity index (χ1) is 11.7. The quantitative estimate of drug-likeness (QED) is 0.726. The first-order valence-corrected chi connectivity index (χ1v) is 8.91. The molecule has 2 aliphatic rings. The van der Waals surface area contributed by atoms with Gasteiger partial charge in [-0.15, -0.1) is 0 Å². The van der Waals surface area contributed by atoms with E-state index in [2.05, 4.69) is 4.98 Å². The molecule has 0 radical (unpaired) electrons. The number of nitrogens with zero attached hydrogens (tertiary/aromatic N) is 1. The lowest BCUT2D eigenvalue weighted by Gasteiger charge is -2.20. The zero-order chi connectivity index (χ0) is 16.5. The standard InChI is InChI=1S/C19H20ClNO3/c20-16-5-3-13(4-6-16)17-10-21-18(24-17)11-23-19(22)9-15-8-12-1-2-14(15)7-12/h3-6,10,12,14-15H,1-2,7-9,11H2/t12-,14-,15-/m1/s1. The third kappa shape index (κ3) is 3.34. The second kappa shape index (κ2) is 6.60. The molecule has 2 aliphatic carbocycles. The van der Waals surface area contributed by atoms with Crippen LogP contribution in [0, 0.1) is 17.8 Å². The molecule has 4 nitrogen and oxygen atoms in total. The Morgan fingerprint density at radius 1 is 1.25 bits per heavy atom. The lowest BCUT2D eigenvalue weighted by atomic mass is 9.86. The van der Waals surface area contributed by atoms with Crippen molar-refractivity contribution in [3.63, 3.8) is 0 Å². The fourth-order valence-corrected chi connectivity index (χ4v) is 4.29. The minimum Gasteiger partial charge on any atom is -0.456 e. The van der Waals surface area contributed by atoms with Crippen molar-refractivity contribution in [1.82, 2.24) is 4.98 Å². The van der Waals surface area contributed by atoms with Gasteiger partial charge in [-0.25, -0.2) is 4.98 Å². The Labute approximate surface area is 146 Å². The number of hydrogen-bond donors (Lipinski definition) is 0. The van der Waals surface area contributed by atoms with E-state index in [0.29, 0.717) is 29.0 Å². The summed E-state index contributed by atoms with van der Waals surface area (Å²) in [6, 6.07) is 7.34. The highest BCUT2D eigenvalue weighted by atomic mass is 35.5. The monoisotopic (exact) mass is 345 g/mol. The van der Waals surface area contributed by atoms with E-state index in [-0.39, 0.29) is 12.6 Å². The van der Waals surface area contributed by atoms with Crippen LogP contribution in [0.3, 0.4) is 0 Å². The lowest BCUT2D eigenvalue weighted by Crippen LogP contribution is -2.16. The van der Waals surface area contributed by atoms with Crippen LogP contribution in [0.4, 0.5) is 0 Å². The summed E-state index contributed by atoms with van der Waals surface area (Å²) in [4.78, 5) is 16.2. The van der Waals surface area contributed by atoms with Gasteiger partial charge in [-0.3, -0.25) is 4.79 Å². The molecule has 0 aliphatic heterocycles. The van der Waals surface area contributed by atoms with Gasteiger partial charge in [-0.2, -0.15) is 0 Å². The zero-order valence-electron chi connectivity index (χ0n) is 13.4. The van der Waals surface area contributed by atoms with Crippen molar-refractivity contribution in [3.05, 3.63) is 41.4 Å². The predicted molar refractivity (Wildman–Crippen MR) is 90.3 cm³/mol. The van der Waals surface area contributed by atoms with E-state index < -0.39 is 0 Å². The molecule has 2 aromatic rings. The Hall–Kier alpha value is -1.81. The van der Waals surface area contributed by atoms with Gasteiger partial charge >= 0.3 is 5.97 Å². The van der Waals surface area contributed by atoms with Gasteiger partial charge in [0.25, 0.3) is 0 Å². The number of esters is 1. The summed E-state index contributed by atoms with van der Waals surface area (Å²) in [6.07, 6.45) is 7.31. The predicted octanol–water partition coefficient (Wildman–Crippen LogP) is 4.86. The molecule has 0 saturated heterocycles. The Bertz CT molecular complexity index is 724. The molecule has 24 heavy (non-hydrogen) atoms. The van der Waals surface area contributed by atoms with E-state index in [1.165, 1.54) is 25.7 Å². The van der Waals surface area contributed by atoms with Crippen LogP contribution in [0.1, 0.15) is 38.0 Å². The number of benzene rings is 1. The van der Waals surface area contributed by atoms with Crippen molar-refractivity contribution >= 4 is 17.6 Å². The molecule has 1 aromatic heterocycles. The summed E-state index contributed by atoms with van der Waals surface area (Å²) >= 11 is 5.88. The van der Waals surface area contributed by atoms with E-state index in [1.807, 2.05) is 12.1 Å². The van der Waals surface area contributed by atoms with Gasteiger partial charge < -0.3 is 9.15 Å². The number of aromatic nitrogens is 1. The summed E-state index contributed by atoms with van der Waals surface area (Å²) in [5.74, 6) is 3.03. The minimum absolute atomic E-state index is 0.0905. The largest absolute Gasteiger partial charge is 0.456 e. The lowest BCUT2D eigenvalue weighted by molar-refractivity contribution is -0.147. The van der Waals surface area contributed by atoms with Crippen LogP contribution in [0.15, 0.2) is 34.9 Å². The molecule has 4 rings (SSSR count). The smallest absolute Gasteiger partial charge is 0.306 e. The summed E-state index contributed by atoms with van der Waals surface area (Å²) in [6.45, 7) is 0.0905. The van der Waals surface area contributed by atoms with Crippen molar-refractivity contribution in [3.8, 4) is 11.3 Å². The number of fused-ring (bicyclic) bond motifs is 2. The van der Waals surface area contributed by atoms with Crippen LogP contribution >= 0.6 is 11.6 Å². The highest BCUT2D eigenvalue weighted by Gasteiger charge is 2.40. The molecule has 126 valence electrons. The highest BCUT2D eigenvalue weighted by molar-refractivity contribution is 6.30. The summed E-state index contributed by atoms with van der Waals surface area (Å²) < 4.78 is 11.0. The molecule has 3 atom stereocenters. The molecule has 0 N–H and O–H groups in total. The van der Waals surface area contributed by atoms with Gasteiger partial charge in [0, 0.05) is 17.0 Å². The van der Waals surface area contributed by atoms with Gasteiger partial charge in [0.2, 0.25) is 5.89 Å². The Morgan fingerprint density at radius 2 is 2.08 bits per heavy atom. The first kappa shape index (κ1) is 15.7. The summed E-state index contributed by atoms with van der Waals surface area (Å²) in [5, 5.41) is 0.674. The van der Waals surface area contributed by atoms with Crippen LogP contribution in [0.25, 0.3) is 11.3 Å². The number of oxazole rings is 1. The molecular formula is C19H20ClNO3. The van der Waals surface area contributed by atoms with Crippen LogP contribution in [0.2, 0.25) is 5.02 Å². The molecule has 2 fully saturated rings. The van der Waals surface area contributed by atoms with Gasteiger partial charge in [0.1, 0.15) is 0 Å². The van der Waals surface area contributed by atoms with Crippen molar-refractivity contribution < 1.29 is 13.9 Å². The van der Waals surface area contributed by atoms with Crippen LogP contribution in [0.5, 0.6) is 0 Å². The maximum absolute atomic E-state index is 12.1. The number of rotatable bonds is 5. The molecule has 0 spiro atoms. The van der Waals surface area contributed by atoms with E-state index in [0.717, 1.165) is 17.4 Å². The Balaban J connectivity index is 1.30. The number of ether oxygens (including phenoxy) is 1.